The zero-order valence-corrected chi connectivity index (χ0v) is 13.3. The second-order valence-electron chi connectivity index (χ2n) is 4.68. The molecule has 0 spiro atoms. The van der Waals surface area contributed by atoms with E-state index in [9.17, 15) is 14.4 Å². The van der Waals surface area contributed by atoms with Gasteiger partial charge in [0.25, 0.3) is 5.91 Å². The van der Waals surface area contributed by atoms with Crippen LogP contribution in [-0.4, -0.2) is 24.3 Å². The molecule has 0 bridgehead atoms. The molecule has 0 saturated carbocycles. The number of hydrogen-bond acceptors (Lipinski definition) is 5. The second kappa shape index (κ2) is 8.05. The molecule has 0 saturated heterocycles. The van der Waals surface area contributed by atoms with Crippen molar-refractivity contribution in [2.24, 2.45) is 0 Å². The van der Waals surface area contributed by atoms with Gasteiger partial charge in [-0.2, -0.15) is 11.3 Å². The quantitative estimate of drug-likeness (QED) is 0.502. The fraction of sp³-hybridized carbons (Fsp3) is 0.118. The molecule has 1 aromatic heterocycles. The van der Waals surface area contributed by atoms with Crippen molar-refractivity contribution in [1.82, 2.24) is 0 Å². The lowest BCUT2D eigenvalue weighted by molar-refractivity contribution is -0.142. The molecule has 1 heterocycles. The summed E-state index contributed by atoms with van der Waals surface area (Å²) in [7, 11) is 0. The molecular weight excluding hydrogens is 314 g/mol. The summed E-state index contributed by atoms with van der Waals surface area (Å²) in [6.45, 7) is 1.06. The fourth-order valence-corrected chi connectivity index (χ4v) is 2.36. The van der Waals surface area contributed by atoms with Crippen LogP contribution in [0.3, 0.4) is 0 Å². The highest BCUT2D eigenvalue weighted by Crippen LogP contribution is 2.11. The summed E-state index contributed by atoms with van der Waals surface area (Å²) in [4.78, 5) is 34.5. The molecule has 0 aliphatic carbocycles. The van der Waals surface area contributed by atoms with E-state index < -0.39 is 18.5 Å². The maximum atomic E-state index is 11.7. The van der Waals surface area contributed by atoms with E-state index in [0.717, 1.165) is 5.56 Å². The maximum absolute atomic E-state index is 11.7. The number of ketones is 1. The Morgan fingerprint density at radius 1 is 1.26 bits per heavy atom. The number of ether oxygens (including phenoxy) is 1. The molecule has 1 N–H and O–H groups in total. The topological polar surface area (TPSA) is 72.5 Å². The van der Waals surface area contributed by atoms with Crippen LogP contribution < -0.4 is 5.32 Å². The van der Waals surface area contributed by atoms with Crippen molar-refractivity contribution in [2.75, 3.05) is 11.9 Å². The Hall–Kier alpha value is -2.73. The summed E-state index contributed by atoms with van der Waals surface area (Å²) in [5.74, 6) is -1.15. The Balaban J connectivity index is 1.82. The van der Waals surface area contributed by atoms with Crippen molar-refractivity contribution in [3.8, 4) is 0 Å². The number of carbonyl (C=O) groups excluding carboxylic acids is 3. The lowest BCUT2D eigenvalue weighted by Crippen LogP contribution is -2.20. The molecule has 0 fully saturated rings. The van der Waals surface area contributed by atoms with Crippen LogP contribution in [0.1, 0.15) is 22.8 Å². The Morgan fingerprint density at radius 3 is 2.78 bits per heavy atom. The second-order valence-corrected chi connectivity index (χ2v) is 5.46. The van der Waals surface area contributed by atoms with Gasteiger partial charge in [0.05, 0.1) is 0 Å². The minimum Gasteiger partial charge on any atom is -0.452 e. The van der Waals surface area contributed by atoms with Gasteiger partial charge in [-0.05, 0) is 47.5 Å². The van der Waals surface area contributed by atoms with E-state index in [0.29, 0.717) is 11.3 Å². The first-order valence-electron chi connectivity index (χ1n) is 6.82. The fourth-order valence-electron chi connectivity index (χ4n) is 1.73. The van der Waals surface area contributed by atoms with Gasteiger partial charge in [-0.1, -0.05) is 12.1 Å². The van der Waals surface area contributed by atoms with Crippen molar-refractivity contribution in [1.29, 1.82) is 0 Å². The predicted octanol–water partition coefficient (Wildman–Crippen LogP) is 3.15. The lowest BCUT2D eigenvalue weighted by Gasteiger charge is -2.06. The molecule has 0 aliphatic rings. The van der Waals surface area contributed by atoms with Gasteiger partial charge in [0, 0.05) is 17.3 Å². The Bertz CT molecular complexity index is 735. The van der Waals surface area contributed by atoms with Crippen LogP contribution in [0.5, 0.6) is 0 Å². The summed E-state index contributed by atoms with van der Waals surface area (Å²) in [6.07, 6.45) is 2.89. The van der Waals surface area contributed by atoms with Crippen LogP contribution in [0.2, 0.25) is 0 Å². The molecule has 0 radical (unpaired) electrons. The first-order chi connectivity index (χ1) is 11.0. The van der Waals surface area contributed by atoms with Gasteiger partial charge < -0.3 is 10.1 Å². The third-order valence-corrected chi connectivity index (χ3v) is 3.55. The zero-order chi connectivity index (χ0) is 16.7. The summed E-state index contributed by atoms with van der Waals surface area (Å²) < 4.78 is 4.85. The number of benzene rings is 1. The number of nitrogens with one attached hydrogen (secondary N) is 1. The van der Waals surface area contributed by atoms with E-state index >= 15 is 0 Å². The van der Waals surface area contributed by atoms with Crippen molar-refractivity contribution in [3.05, 3.63) is 58.3 Å². The molecular formula is C17H15NO4S. The van der Waals surface area contributed by atoms with Crippen LogP contribution >= 0.6 is 11.3 Å². The average Bonchev–Trinajstić information content (AvgIpc) is 3.04. The molecule has 6 heteroatoms. The number of anilines is 1. The number of thiophene rings is 1. The molecule has 118 valence electrons. The highest BCUT2D eigenvalue weighted by molar-refractivity contribution is 7.08. The van der Waals surface area contributed by atoms with Gasteiger partial charge >= 0.3 is 5.97 Å². The first-order valence-corrected chi connectivity index (χ1v) is 7.77. The number of hydrogen-bond donors (Lipinski definition) is 1. The Morgan fingerprint density at radius 2 is 2.09 bits per heavy atom. The minimum atomic E-state index is -0.594. The molecule has 5 nitrogen and oxygen atoms in total. The molecule has 1 amide bonds. The van der Waals surface area contributed by atoms with E-state index in [4.69, 9.17) is 4.74 Å². The predicted molar refractivity (Wildman–Crippen MR) is 89.4 cm³/mol. The number of carbonyl (C=O) groups is 3. The van der Waals surface area contributed by atoms with E-state index in [2.05, 4.69) is 5.32 Å². The SMILES string of the molecule is CC(=O)c1cccc(NC(=O)COC(=O)/C=C/c2ccsc2)c1. The van der Waals surface area contributed by atoms with Gasteiger partial charge in [-0.25, -0.2) is 4.79 Å². The monoisotopic (exact) mass is 329 g/mol. The smallest absolute Gasteiger partial charge is 0.331 e. The Labute approximate surface area is 137 Å². The Kier molecular flexibility index (Phi) is 5.82. The van der Waals surface area contributed by atoms with Gasteiger partial charge in [-0.3, -0.25) is 9.59 Å². The van der Waals surface area contributed by atoms with E-state index in [1.165, 1.54) is 24.3 Å². The normalized spacial score (nSPS) is 10.5. The zero-order valence-electron chi connectivity index (χ0n) is 12.4. The van der Waals surface area contributed by atoms with Gasteiger partial charge in [-0.15, -0.1) is 0 Å². The molecule has 0 aliphatic heterocycles. The van der Waals surface area contributed by atoms with Crippen LogP contribution in [-0.2, 0) is 14.3 Å². The van der Waals surface area contributed by atoms with E-state index in [1.807, 2.05) is 16.8 Å². The number of Topliss-reactive ketones (excluding diaryl/α,β-unsaturated/α-hetero) is 1. The summed E-state index contributed by atoms with van der Waals surface area (Å²) in [6, 6.07) is 8.42. The molecule has 1 aromatic carbocycles. The minimum absolute atomic E-state index is 0.0916. The van der Waals surface area contributed by atoms with E-state index in [1.54, 1.807) is 30.3 Å². The molecule has 0 atom stereocenters. The lowest BCUT2D eigenvalue weighted by atomic mass is 10.1. The van der Waals surface area contributed by atoms with Gasteiger partial charge in [0.15, 0.2) is 12.4 Å². The maximum Gasteiger partial charge on any atom is 0.331 e. The summed E-state index contributed by atoms with van der Waals surface area (Å²) in [5, 5.41) is 6.36. The number of amides is 1. The van der Waals surface area contributed by atoms with Crippen molar-refractivity contribution >= 4 is 40.8 Å². The van der Waals surface area contributed by atoms with Crippen LogP contribution in [0, 0.1) is 0 Å². The third-order valence-electron chi connectivity index (χ3n) is 2.85. The van der Waals surface area contributed by atoms with Crippen molar-refractivity contribution in [2.45, 2.75) is 6.92 Å². The first kappa shape index (κ1) is 16.6. The third kappa shape index (κ3) is 5.52. The highest BCUT2D eigenvalue weighted by Gasteiger charge is 2.07. The highest BCUT2D eigenvalue weighted by atomic mass is 32.1. The molecule has 2 aromatic rings. The number of esters is 1. The summed E-state index contributed by atoms with van der Waals surface area (Å²) >= 11 is 1.52. The average molecular weight is 329 g/mol. The van der Waals surface area contributed by atoms with Crippen LogP contribution in [0.4, 0.5) is 5.69 Å². The molecule has 2 rings (SSSR count). The molecule has 0 unspecified atom stereocenters. The summed E-state index contributed by atoms with van der Waals surface area (Å²) in [5.41, 5.74) is 1.88. The molecule has 23 heavy (non-hydrogen) atoms. The number of rotatable bonds is 6. The van der Waals surface area contributed by atoms with Crippen LogP contribution in [0.15, 0.2) is 47.2 Å². The standard InChI is InChI=1S/C17H15NO4S/c1-12(19)14-3-2-4-15(9-14)18-16(20)10-22-17(21)6-5-13-7-8-23-11-13/h2-9,11H,10H2,1H3,(H,18,20)/b6-5+. The largest absolute Gasteiger partial charge is 0.452 e. The van der Waals surface area contributed by atoms with Crippen molar-refractivity contribution < 1.29 is 19.1 Å². The van der Waals surface area contributed by atoms with Crippen molar-refractivity contribution in [3.63, 3.8) is 0 Å². The van der Waals surface area contributed by atoms with Crippen LogP contribution in [0.25, 0.3) is 6.08 Å². The van der Waals surface area contributed by atoms with Gasteiger partial charge in [0.2, 0.25) is 0 Å². The van der Waals surface area contributed by atoms with Gasteiger partial charge in [0.1, 0.15) is 0 Å². The van der Waals surface area contributed by atoms with E-state index in [-0.39, 0.29) is 5.78 Å².